The maximum atomic E-state index is 12.2. The molecule has 0 spiro atoms. The van der Waals surface area contributed by atoms with Crippen molar-refractivity contribution >= 4 is 27.7 Å². The van der Waals surface area contributed by atoms with Crippen molar-refractivity contribution in [3.8, 4) is 5.75 Å². The minimum absolute atomic E-state index is 0.233. The highest BCUT2D eigenvalue weighted by Crippen LogP contribution is 2.19. The Morgan fingerprint density at radius 3 is 2.74 bits per heavy atom. The van der Waals surface area contributed by atoms with Crippen LogP contribution in [-0.2, 0) is 0 Å². The van der Waals surface area contributed by atoms with Gasteiger partial charge in [-0.05, 0) is 24.3 Å². The molecule has 1 amide bonds. The molecule has 0 radical (unpaired) electrons. The van der Waals surface area contributed by atoms with Gasteiger partial charge in [0.1, 0.15) is 11.6 Å². The first-order valence-electron chi connectivity index (χ1n) is 5.81. The van der Waals surface area contributed by atoms with Gasteiger partial charge in [0.25, 0.3) is 5.91 Å². The van der Waals surface area contributed by atoms with E-state index >= 15 is 0 Å². The number of para-hydroxylation sites is 1. The van der Waals surface area contributed by atoms with Crippen molar-refractivity contribution in [2.45, 2.75) is 0 Å². The molecule has 0 saturated heterocycles. The van der Waals surface area contributed by atoms with Crippen LogP contribution in [0.2, 0.25) is 0 Å². The maximum Gasteiger partial charge on any atom is 0.260 e. The number of ether oxygens (including phenoxy) is 1. The summed E-state index contributed by atoms with van der Waals surface area (Å²) < 4.78 is 5.52. The zero-order valence-electron chi connectivity index (χ0n) is 10.2. The minimum Gasteiger partial charge on any atom is -0.492 e. The Bertz CT molecular complexity index is 546. The highest BCUT2D eigenvalue weighted by molar-refractivity contribution is 9.09. The monoisotopic (exact) mass is 320 g/mol. The molecule has 0 atom stereocenters. The number of halogens is 1. The molecule has 98 valence electrons. The van der Waals surface area contributed by atoms with Crippen molar-refractivity contribution in [2.24, 2.45) is 0 Å². The predicted octanol–water partition coefficient (Wildman–Crippen LogP) is 3.11. The van der Waals surface area contributed by atoms with Crippen molar-refractivity contribution in [2.75, 3.05) is 17.3 Å². The molecule has 0 bridgehead atoms. The molecule has 0 aliphatic rings. The molecule has 1 heterocycles. The fourth-order valence-electron chi connectivity index (χ4n) is 1.55. The molecule has 1 N–H and O–H groups in total. The van der Waals surface area contributed by atoms with Gasteiger partial charge in [-0.25, -0.2) is 4.98 Å². The Kier molecular flexibility index (Phi) is 4.92. The molecule has 1 aromatic carbocycles. The number of nitrogens with zero attached hydrogens (tertiary/aromatic N) is 1. The van der Waals surface area contributed by atoms with E-state index < -0.39 is 0 Å². The summed E-state index contributed by atoms with van der Waals surface area (Å²) in [4.78, 5) is 16.2. The van der Waals surface area contributed by atoms with Crippen LogP contribution in [0.4, 0.5) is 5.82 Å². The van der Waals surface area contributed by atoms with Crippen LogP contribution < -0.4 is 10.1 Å². The van der Waals surface area contributed by atoms with E-state index in [1.54, 1.807) is 36.5 Å². The zero-order chi connectivity index (χ0) is 13.5. The number of rotatable bonds is 5. The number of pyridine rings is 1. The molecule has 0 fully saturated rings. The normalized spacial score (nSPS) is 9.95. The Morgan fingerprint density at radius 1 is 1.21 bits per heavy atom. The fraction of sp³-hybridized carbons (Fsp3) is 0.143. The van der Waals surface area contributed by atoms with Gasteiger partial charge in [0.15, 0.2) is 0 Å². The standard InChI is InChI=1S/C14H13BrN2O2/c15-8-10-19-12-6-2-1-5-11(12)14(18)17-13-7-3-4-9-16-13/h1-7,9H,8,10H2,(H,16,17,18). The fourth-order valence-corrected chi connectivity index (χ4v) is 1.71. The third-order valence-electron chi connectivity index (χ3n) is 2.37. The molecule has 0 aliphatic heterocycles. The Balaban J connectivity index is 2.14. The van der Waals surface area contributed by atoms with Gasteiger partial charge in [0.2, 0.25) is 0 Å². The van der Waals surface area contributed by atoms with E-state index in [9.17, 15) is 4.79 Å². The Labute approximate surface area is 119 Å². The second-order valence-electron chi connectivity index (χ2n) is 3.70. The number of hydrogen-bond donors (Lipinski definition) is 1. The molecule has 19 heavy (non-hydrogen) atoms. The van der Waals surface area contributed by atoms with Crippen LogP contribution in [-0.4, -0.2) is 22.8 Å². The van der Waals surface area contributed by atoms with Gasteiger partial charge in [0, 0.05) is 11.5 Å². The SMILES string of the molecule is O=C(Nc1ccccn1)c1ccccc1OCCBr. The lowest BCUT2D eigenvalue weighted by molar-refractivity contribution is 0.102. The first kappa shape index (κ1) is 13.5. The van der Waals surface area contributed by atoms with E-state index in [4.69, 9.17) is 4.74 Å². The molecular weight excluding hydrogens is 308 g/mol. The minimum atomic E-state index is -0.233. The van der Waals surface area contributed by atoms with Crippen LogP contribution in [0, 0.1) is 0 Å². The number of amides is 1. The van der Waals surface area contributed by atoms with Crippen molar-refractivity contribution in [3.63, 3.8) is 0 Å². The third-order valence-corrected chi connectivity index (χ3v) is 2.70. The van der Waals surface area contributed by atoms with Gasteiger partial charge in [0.05, 0.1) is 12.2 Å². The van der Waals surface area contributed by atoms with Gasteiger partial charge in [-0.15, -0.1) is 0 Å². The lowest BCUT2D eigenvalue weighted by Crippen LogP contribution is -2.14. The highest BCUT2D eigenvalue weighted by Gasteiger charge is 2.12. The summed E-state index contributed by atoms with van der Waals surface area (Å²) in [6.07, 6.45) is 1.63. The highest BCUT2D eigenvalue weighted by atomic mass is 79.9. The number of carbonyl (C=O) groups is 1. The summed E-state index contributed by atoms with van der Waals surface area (Å²) in [6.45, 7) is 0.508. The van der Waals surface area contributed by atoms with Crippen LogP contribution in [0.25, 0.3) is 0 Å². The van der Waals surface area contributed by atoms with E-state index in [1.165, 1.54) is 0 Å². The second kappa shape index (κ2) is 6.89. The smallest absolute Gasteiger partial charge is 0.260 e. The van der Waals surface area contributed by atoms with E-state index in [2.05, 4.69) is 26.2 Å². The number of carbonyl (C=O) groups excluding carboxylic acids is 1. The van der Waals surface area contributed by atoms with Gasteiger partial charge in [-0.2, -0.15) is 0 Å². The van der Waals surface area contributed by atoms with Crippen molar-refractivity contribution in [1.29, 1.82) is 0 Å². The predicted molar refractivity (Wildman–Crippen MR) is 77.9 cm³/mol. The first-order valence-corrected chi connectivity index (χ1v) is 6.93. The number of nitrogens with one attached hydrogen (secondary N) is 1. The summed E-state index contributed by atoms with van der Waals surface area (Å²) >= 11 is 3.29. The summed E-state index contributed by atoms with van der Waals surface area (Å²) in [5, 5.41) is 3.44. The van der Waals surface area contributed by atoms with Gasteiger partial charge in [-0.3, -0.25) is 4.79 Å². The number of anilines is 1. The first-order chi connectivity index (χ1) is 9.31. The van der Waals surface area contributed by atoms with Crippen molar-refractivity contribution in [3.05, 3.63) is 54.2 Å². The lowest BCUT2D eigenvalue weighted by Gasteiger charge is -2.10. The molecule has 2 aromatic rings. The van der Waals surface area contributed by atoms with Crippen molar-refractivity contribution < 1.29 is 9.53 Å². The number of hydrogen-bond acceptors (Lipinski definition) is 3. The van der Waals surface area contributed by atoms with Crippen LogP contribution in [0.1, 0.15) is 10.4 Å². The zero-order valence-corrected chi connectivity index (χ0v) is 11.8. The summed E-state index contributed by atoms with van der Waals surface area (Å²) in [6, 6.07) is 12.5. The number of alkyl halides is 1. The van der Waals surface area contributed by atoms with E-state index in [1.807, 2.05) is 12.1 Å². The van der Waals surface area contributed by atoms with Crippen LogP contribution in [0.5, 0.6) is 5.75 Å². The summed E-state index contributed by atoms with van der Waals surface area (Å²) in [7, 11) is 0. The second-order valence-corrected chi connectivity index (χ2v) is 4.50. The van der Waals surface area contributed by atoms with Gasteiger partial charge < -0.3 is 10.1 Å². The van der Waals surface area contributed by atoms with Crippen molar-refractivity contribution in [1.82, 2.24) is 4.98 Å². The molecule has 4 nitrogen and oxygen atoms in total. The average molecular weight is 321 g/mol. The van der Waals surface area contributed by atoms with Crippen LogP contribution in [0.15, 0.2) is 48.7 Å². The lowest BCUT2D eigenvalue weighted by atomic mass is 10.2. The topological polar surface area (TPSA) is 51.2 Å². The quantitative estimate of drug-likeness (QED) is 0.861. The van der Waals surface area contributed by atoms with E-state index in [-0.39, 0.29) is 5.91 Å². The molecule has 0 unspecified atom stereocenters. The summed E-state index contributed by atoms with van der Waals surface area (Å²) in [5.41, 5.74) is 0.495. The number of benzene rings is 1. The molecular formula is C14H13BrN2O2. The molecule has 0 aliphatic carbocycles. The average Bonchev–Trinajstić information content (AvgIpc) is 2.46. The Hall–Kier alpha value is -1.88. The van der Waals surface area contributed by atoms with Crippen LogP contribution in [0.3, 0.4) is 0 Å². The Morgan fingerprint density at radius 2 is 2.00 bits per heavy atom. The van der Waals surface area contributed by atoms with E-state index in [0.29, 0.717) is 29.1 Å². The summed E-state index contributed by atoms with van der Waals surface area (Å²) in [5.74, 6) is 0.849. The van der Waals surface area contributed by atoms with E-state index in [0.717, 1.165) is 0 Å². The third kappa shape index (κ3) is 3.79. The van der Waals surface area contributed by atoms with Gasteiger partial charge in [-0.1, -0.05) is 34.1 Å². The molecule has 0 saturated carbocycles. The van der Waals surface area contributed by atoms with Crippen LogP contribution >= 0.6 is 15.9 Å². The largest absolute Gasteiger partial charge is 0.492 e. The molecule has 1 aromatic heterocycles. The number of aromatic nitrogens is 1. The van der Waals surface area contributed by atoms with Gasteiger partial charge >= 0.3 is 0 Å². The molecule has 5 heteroatoms. The maximum absolute atomic E-state index is 12.2. The molecule has 2 rings (SSSR count).